The van der Waals surface area contributed by atoms with Crippen molar-refractivity contribution in [1.29, 1.82) is 0 Å². The first-order chi connectivity index (χ1) is 9.10. The maximum Gasteiger partial charge on any atom is 0.191 e. The van der Waals surface area contributed by atoms with Crippen LogP contribution in [0.25, 0.3) is 0 Å². The van der Waals surface area contributed by atoms with Crippen LogP contribution in [0.5, 0.6) is 0 Å². The third-order valence-electron chi connectivity index (χ3n) is 3.60. The lowest BCUT2D eigenvalue weighted by Gasteiger charge is -2.11. The minimum atomic E-state index is 0.613. The Morgan fingerprint density at radius 2 is 2.26 bits per heavy atom. The first-order valence-corrected chi connectivity index (χ1v) is 7.08. The quantitative estimate of drug-likeness (QED) is 0.480. The van der Waals surface area contributed by atoms with Crippen molar-refractivity contribution in [2.45, 2.75) is 46.2 Å². The van der Waals surface area contributed by atoms with Crippen LogP contribution in [-0.2, 0) is 6.54 Å². The number of hydrogen-bond acceptors (Lipinski definition) is 2. The second-order valence-corrected chi connectivity index (χ2v) is 5.47. The second kappa shape index (κ2) is 6.08. The van der Waals surface area contributed by atoms with Crippen molar-refractivity contribution in [2.75, 3.05) is 13.6 Å². The largest absolute Gasteiger partial charge is 0.356 e. The van der Waals surface area contributed by atoms with Gasteiger partial charge in [0.2, 0.25) is 0 Å². The monoisotopic (exact) mass is 263 g/mol. The minimum absolute atomic E-state index is 0.613. The molecule has 1 fully saturated rings. The summed E-state index contributed by atoms with van der Waals surface area (Å²) in [4.78, 5) is 4.24. The molecule has 1 aliphatic carbocycles. The number of aliphatic imine (C=N–C) groups is 1. The third-order valence-corrected chi connectivity index (χ3v) is 3.60. The SMILES string of the molecule is CN=C(NCCCn1nc(C)cc1C)NC1CC1C. The molecule has 0 aliphatic heterocycles. The Kier molecular flexibility index (Phi) is 4.45. The summed E-state index contributed by atoms with van der Waals surface area (Å²) in [5.41, 5.74) is 2.32. The predicted octanol–water partition coefficient (Wildman–Crippen LogP) is 1.46. The molecule has 5 heteroatoms. The minimum Gasteiger partial charge on any atom is -0.356 e. The molecule has 0 aromatic carbocycles. The van der Waals surface area contributed by atoms with E-state index in [2.05, 4.69) is 45.3 Å². The van der Waals surface area contributed by atoms with Crippen molar-refractivity contribution in [3.63, 3.8) is 0 Å². The normalized spacial score (nSPS) is 22.4. The Balaban J connectivity index is 1.67. The van der Waals surface area contributed by atoms with Crippen LogP contribution in [0.4, 0.5) is 0 Å². The fourth-order valence-electron chi connectivity index (χ4n) is 2.23. The van der Waals surface area contributed by atoms with Gasteiger partial charge in [0.25, 0.3) is 0 Å². The molecule has 0 radical (unpaired) electrons. The number of nitrogens with zero attached hydrogens (tertiary/aromatic N) is 3. The number of nitrogens with one attached hydrogen (secondary N) is 2. The summed E-state index contributed by atoms with van der Waals surface area (Å²) in [6, 6.07) is 2.73. The number of aryl methyl sites for hydroxylation is 3. The highest BCUT2D eigenvalue weighted by Crippen LogP contribution is 2.28. The smallest absolute Gasteiger partial charge is 0.191 e. The van der Waals surface area contributed by atoms with Gasteiger partial charge < -0.3 is 10.6 Å². The van der Waals surface area contributed by atoms with Gasteiger partial charge in [-0.3, -0.25) is 9.67 Å². The van der Waals surface area contributed by atoms with Crippen LogP contribution in [-0.4, -0.2) is 35.4 Å². The summed E-state index contributed by atoms with van der Waals surface area (Å²) in [5, 5.41) is 11.2. The fraction of sp³-hybridized carbons (Fsp3) is 0.714. The first kappa shape index (κ1) is 13.9. The molecule has 2 atom stereocenters. The van der Waals surface area contributed by atoms with E-state index in [0.29, 0.717) is 6.04 Å². The molecule has 0 bridgehead atoms. The van der Waals surface area contributed by atoms with Gasteiger partial charge in [0.05, 0.1) is 5.69 Å². The summed E-state index contributed by atoms with van der Waals surface area (Å²) in [5.74, 6) is 1.70. The summed E-state index contributed by atoms with van der Waals surface area (Å²) in [6.45, 7) is 8.25. The van der Waals surface area contributed by atoms with Gasteiger partial charge in [-0.2, -0.15) is 5.10 Å². The lowest BCUT2D eigenvalue weighted by Crippen LogP contribution is -2.39. The van der Waals surface area contributed by atoms with Gasteiger partial charge in [0.1, 0.15) is 0 Å². The first-order valence-electron chi connectivity index (χ1n) is 7.08. The zero-order chi connectivity index (χ0) is 13.8. The van der Waals surface area contributed by atoms with E-state index in [9.17, 15) is 0 Å². The van der Waals surface area contributed by atoms with E-state index in [-0.39, 0.29) is 0 Å². The highest BCUT2D eigenvalue weighted by atomic mass is 15.3. The van der Waals surface area contributed by atoms with Gasteiger partial charge >= 0.3 is 0 Å². The zero-order valence-corrected chi connectivity index (χ0v) is 12.4. The lowest BCUT2D eigenvalue weighted by atomic mass is 10.4. The maximum atomic E-state index is 4.46. The number of guanidine groups is 1. The van der Waals surface area contributed by atoms with Crippen LogP contribution >= 0.6 is 0 Å². The summed E-state index contributed by atoms with van der Waals surface area (Å²) in [7, 11) is 1.82. The highest BCUT2D eigenvalue weighted by Gasteiger charge is 2.33. The Hall–Kier alpha value is -1.52. The molecule has 106 valence electrons. The van der Waals surface area contributed by atoms with Gasteiger partial charge in [-0.15, -0.1) is 0 Å². The molecule has 1 saturated carbocycles. The topological polar surface area (TPSA) is 54.2 Å². The lowest BCUT2D eigenvalue weighted by molar-refractivity contribution is 0.555. The van der Waals surface area contributed by atoms with E-state index < -0.39 is 0 Å². The van der Waals surface area contributed by atoms with Crippen molar-refractivity contribution in [1.82, 2.24) is 20.4 Å². The van der Waals surface area contributed by atoms with Gasteiger partial charge in [-0.1, -0.05) is 6.92 Å². The van der Waals surface area contributed by atoms with Gasteiger partial charge in [-0.25, -0.2) is 0 Å². The van der Waals surface area contributed by atoms with E-state index in [4.69, 9.17) is 0 Å². The molecule has 2 N–H and O–H groups in total. The van der Waals surface area contributed by atoms with E-state index in [1.807, 2.05) is 14.0 Å². The van der Waals surface area contributed by atoms with Gasteiger partial charge in [0.15, 0.2) is 5.96 Å². The molecule has 19 heavy (non-hydrogen) atoms. The average Bonchev–Trinajstić information content (AvgIpc) is 2.96. The molecular weight excluding hydrogens is 238 g/mol. The van der Waals surface area contributed by atoms with Crippen molar-refractivity contribution >= 4 is 5.96 Å². The summed E-state index contributed by atoms with van der Waals surface area (Å²) < 4.78 is 2.07. The zero-order valence-electron chi connectivity index (χ0n) is 12.4. The van der Waals surface area contributed by atoms with Crippen LogP contribution in [0.1, 0.15) is 31.2 Å². The molecule has 1 aliphatic rings. The molecule has 0 spiro atoms. The van der Waals surface area contributed by atoms with E-state index in [1.54, 1.807) is 0 Å². The molecule has 2 rings (SSSR count). The number of rotatable bonds is 5. The van der Waals surface area contributed by atoms with Crippen molar-refractivity contribution in [3.8, 4) is 0 Å². The van der Waals surface area contributed by atoms with Crippen molar-refractivity contribution < 1.29 is 0 Å². The van der Waals surface area contributed by atoms with Crippen molar-refractivity contribution in [2.24, 2.45) is 10.9 Å². The molecule has 5 nitrogen and oxygen atoms in total. The summed E-state index contributed by atoms with van der Waals surface area (Å²) >= 11 is 0. The van der Waals surface area contributed by atoms with Crippen LogP contribution in [0.15, 0.2) is 11.1 Å². The van der Waals surface area contributed by atoms with Crippen LogP contribution in [0.3, 0.4) is 0 Å². The van der Waals surface area contributed by atoms with E-state index in [1.165, 1.54) is 12.1 Å². The van der Waals surface area contributed by atoms with Gasteiger partial charge in [0, 0.05) is 31.9 Å². The second-order valence-electron chi connectivity index (χ2n) is 5.47. The highest BCUT2D eigenvalue weighted by molar-refractivity contribution is 5.80. The Morgan fingerprint density at radius 1 is 1.53 bits per heavy atom. The van der Waals surface area contributed by atoms with E-state index >= 15 is 0 Å². The Labute approximate surface area is 115 Å². The predicted molar refractivity (Wildman–Crippen MR) is 78.4 cm³/mol. The molecule has 1 aromatic heterocycles. The van der Waals surface area contributed by atoms with Crippen LogP contribution in [0.2, 0.25) is 0 Å². The van der Waals surface area contributed by atoms with Crippen molar-refractivity contribution in [3.05, 3.63) is 17.5 Å². The molecule has 1 aromatic rings. The Morgan fingerprint density at radius 3 is 2.79 bits per heavy atom. The average molecular weight is 263 g/mol. The Bertz CT molecular complexity index is 449. The van der Waals surface area contributed by atoms with E-state index in [0.717, 1.165) is 37.1 Å². The van der Waals surface area contributed by atoms with Crippen LogP contribution < -0.4 is 10.6 Å². The molecule has 0 amide bonds. The maximum absolute atomic E-state index is 4.46. The number of hydrogen-bond donors (Lipinski definition) is 2. The molecule has 1 heterocycles. The molecule has 2 unspecified atom stereocenters. The fourth-order valence-corrected chi connectivity index (χ4v) is 2.23. The standard InChI is InChI=1S/C14H25N5/c1-10-8-13(10)17-14(15-4)16-6-5-7-19-12(3)9-11(2)18-19/h9-10,13H,5-8H2,1-4H3,(H2,15,16,17). The molecular formula is C14H25N5. The number of aromatic nitrogens is 2. The van der Waals surface area contributed by atoms with Gasteiger partial charge in [-0.05, 0) is 38.7 Å². The van der Waals surface area contributed by atoms with Crippen LogP contribution in [0, 0.1) is 19.8 Å². The molecule has 0 saturated heterocycles. The summed E-state index contributed by atoms with van der Waals surface area (Å²) in [6.07, 6.45) is 2.30. The third kappa shape index (κ3) is 3.98.